The highest BCUT2D eigenvalue weighted by Crippen LogP contribution is 2.23. The van der Waals surface area contributed by atoms with Crippen molar-refractivity contribution >= 4 is 27.7 Å². The molecule has 15 heavy (non-hydrogen) atoms. The van der Waals surface area contributed by atoms with Crippen molar-refractivity contribution in [1.29, 1.82) is 0 Å². The van der Waals surface area contributed by atoms with Gasteiger partial charge >= 0.3 is 5.97 Å². The molecule has 0 aromatic heterocycles. The first-order chi connectivity index (χ1) is 6.73. The van der Waals surface area contributed by atoms with Crippen LogP contribution in [-0.2, 0) is 10.1 Å². The zero-order valence-electron chi connectivity index (χ0n) is 6.94. The molecular weight excluding hydrogens is 251 g/mol. The van der Waals surface area contributed by atoms with E-state index in [2.05, 4.69) is 0 Å². The third-order valence-electron chi connectivity index (χ3n) is 1.53. The van der Waals surface area contributed by atoms with E-state index in [0.29, 0.717) is 12.1 Å². The fourth-order valence-corrected chi connectivity index (χ4v) is 1.69. The van der Waals surface area contributed by atoms with Gasteiger partial charge in [0.15, 0.2) is 0 Å². The Balaban J connectivity index is 3.58. The van der Waals surface area contributed by atoms with E-state index in [1.807, 2.05) is 0 Å². The molecule has 2 N–H and O–H groups in total. The Morgan fingerprint density at radius 2 is 1.93 bits per heavy atom. The molecule has 0 aliphatic heterocycles. The molecule has 0 heterocycles. The molecule has 0 saturated heterocycles. The highest BCUT2D eigenvalue weighted by atomic mass is 35.5. The number of benzene rings is 1. The second-order valence-electron chi connectivity index (χ2n) is 2.54. The fraction of sp³-hybridized carbons (Fsp3) is 0. The lowest BCUT2D eigenvalue weighted by molar-refractivity contribution is 0.0696. The summed E-state index contributed by atoms with van der Waals surface area (Å²) >= 11 is 5.35. The molecule has 0 unspecified atom stereocenters. The van der Waals surface area contributed by atoms with Crippen molar-refractivity contribution in [3.05, 3.63) is 28.5 Å². The maximum Gasteiger partial charge on any atom is 0.337 e. The first-order valence-electron chi connectivity index (χ1n) is 3.43. The van der Waals surface area contributed by atoms with Crippen molar-refractivity contribution < 1.29 is 27.3 Å². The van der Waals surface area contributed by atoms with E-state index in [1.165, 1.54) is 0 Å². The molecule has 1 rings (SSSR count). The lowest BCUT2D eigenvalue weighted by Crippen LogP contribution is -2.06. The fourth-order valence-electron chi connectivity index (χ4n) is 0.891. The maximum atomic E-state index is 13.0. The van der Waals surface area contributed by atoms with Crippen LogP contribution in [0, 0.1) is 5.82 Å². The lowest BCUT2D eigenvalue weighted by Gasteiger charge is -2.03. The molecule has 0 spiro atoms. The van der Waals surface area contributed by atoms with E-state index in [-0.39, 0.29) is 0 Å². The van der Waals surface area contributed by atoms with E-state index in [0.717, 1.165) is 0 Å². The second-order valence-corrected chi connectivity index (χ2v) is 4.34. The molecule has 0 amide bonds. The van der Waals surface area contributed by atoms with E-state index in [1.54, 1.807) is 0 Å². The molecule has 0 aliphatic carbocycles. The van der Waals surface area contributed by atoms with Crippen molar-refractivity contribution in [2.24, 2.45) is 0 Å². The van der Waals surface area contributed by atoms with Gasteiger partial charge in [0, 0.05) is 0 Å². The molecule has 0 fully saturated rings. The highest BCUT2D eigenvalue weighted by molar-refractivity contribution is 7.85. The van der Waals surface area contributed by atoms with Crippen LogP contribution >= 0.6 is 11.6 Å². The molecular formula is C7H4ClFO5S. The Bertz CT molecular complexity index is 524. The number of carbonyl (C=O) groups is 1. The Kier molecular flexibility index (Phi) is 2.98. The topological polar surface area (TPSA) is 91.7 Å². The molecule has 0 radical (unpaired) electrons. The van der Waals surface area contributed by atoms with Gasteiger partial charge in [-0.25, -0.2) is 9.18 Å². The number of hydrogen-bond donors (Lipinski definition) is 2. The summed E-state index contributed by atoms with van der Waals surface area (Å²) in [5, 5.41) is 8.11. The van der Waals surface area contributed by atoms with Crippen LogP contribution in [0.4, 0.5) is 4.39 Å². The van der Waals surface area contributed by atoms with Gasteiger partial charge < -0.3 is 5.11 Å². The zero-order chi connectivity index (χ0) is 11.8. The molecule has 1 aromatic rings. The Hall–Kier alpha value is -1.18. The lowest BCUT2D eigenvalue weighted by atomic mass is 10.2. The normalized spacial score (nSPS) is 11.4. The van der Waals surface area contributed by atoms with E-state index >= 15 is 0 Å². The molecule has 1 aromatic carbocycles. The first kappa shape index (κ1) is 11.9. The Morgan fingerprint density at radius 3 is 2.33 bits per heavy atom. The summed E-state index contributed by atoms with van der Waals surface area (Å²) in [4.78, 5) is 9.41. The molecule has 0 saturated carbocycles. The number of carboxylic acid groups (broad SMARTS) is 1. The van der Waals surface area contributed by atoms with Gasteiger partial charge in [0.05, 0.1) is 10.6 Å². The molecule has 82 valence electrons. The largest absolute Gasteiger partial charge is 0.478 e. The van der Waals surface area contributed by atoms with Gasteiger partial charge in [-0.2, -0.15) is 8.42 Å². The molecule has 5 nitrogen and oxygen atoms in total. The second kappa shape index (κ2) is 3.76. The van der Waals surface area contributed by atoms with E-state index < -0.39 is 37.4 Å². The van der Waals surface area contributed by atoms with Crippen molar-refractivity contribution in [1.82, 2.24) is 0 Å². The minimum atomic E-state index is -4.80. The molecule has 0 bridgehead atoms. The summed E-state index contributed by atoms with van der Waals surface area (Å²) in [6.45, 7) is 0. The maximum absolute atomic E-state index is 13.0. The third kappa shape index (κ3) is 2.44. The third-order valence-corrected chi connectivity index (χ3v) is 2.71. The van der Waals surface area contributed by atoms with Crippen LogP contribution in [0.25, 0.3) is 0 Å². The van der Waals surface area contributed by atoms with Crippen molar-refractivity contribution in [2.75, 3.05) is 0 Å². The average Bonchev–Trinajstić information content (AvgIpc) is 2.00. The average molecular weight is 255 g/mol. The monoisotopic (exact) mass is 254 g/mol. The van der Waals surface area contributed by atoms with Crippen LogP contribution < -0.4 is 0 Å². The van der Waals surface area contributed by atoms with Crippen LogP contribution in [0.15, 0.2) is 17.0 Å². The number of aromatic carboxylic acids is 1. The summed E-state index contributed by atoms with van der Waals surface area (Å²) < 4.78 is 42.8. The molecule has 8 heteroatoms. The Morgan fingerprint density at radius 1 is 1.40 bits per heavy atom. The quantitative estimate of drug-likeness (QED) is 0.779. The van der Waals surface area contributed by atoms with Gasteiger partial charge in [0.1, 0.15) is 10.7 Å². The first-order valence-corrected chi connectivity index (χ1v) is 5.25. The van der Waals surface area contributed by atoms with E-state index in [9.17, 15) is 17.6 Å². The van der Waals surface area contributed by atoms with Crippen LogP contribution in [0.2, 0.25) is 5.02 Å². The minimum Gasteiger partial charge on any atom is -0.478 e. The standard InChI is InChI=1S/C7H4ClFO5S/c8-4-2-5(9)6(15(12,13)14)1-3(4)7(10)11/h1-2H,(H,10,11)(H,12,13,14). The number of hydrogen-bond acceptors (Lipinski definition) is 3. The van der Waals surface area contributed by atoms with Crippen molar-refractivity contribution in [3.8, 4) is 0 Å². The van der Waals surface area contributed by atoms with Crippen LogP contribution in [0.3, 0.4) is 0 Å². The number of carboxylic acids is 1. The van der Waals surface area contributed by atoms with Crippen LogP contribution in [0.5, 0.6) is 0 Å². The van der Waals surface area contributed by atoms with Gasteiger partial charge in [0.2, 0.25) is 0 Å². The molecule has 0 aliphatic rings. The minimum absolute atomic E-state index is 0.451. The highest BCUT2D eigenvalue weighted by Gasteiger charge is 2.21. The summed E-state index contributed by atoms with van der Waals surface area (Å²) in [5.41, 5.74) is -0.606. The smallest absolute Gasteiger partial charge is 0.337 e. The Labute approximate surface area is 88.8 Å². The SMILES string of the molecule is O=C(O)c1cc(S(=O)(=O)O)c(F)cc1Cl. The van der Waals surface area contributed by atoms with Crippen molar-refractivity contribution in [3.63, 3.8) is 0 Å². The molecule has 0 atom stereocenters. The van der Waals surface area contributed by atoms with Crippen molar-refractivity contribution in [2.45, 2.75) is 4.90 Å². The summed E-state index contributed by atoms with van der Waals surface area (Å²) in [6.07, 6.45) is 0. The van der Waals surface area contributed by atoms with Crippen LogP contribution in [0.1, 0.15) is 10.4 Å². The number of rotatable bonds is 2. The van der Waals surface area contributed by atoms with Crippen LogP contribution in [-0.4, -0.2) is 24.0 Å². The predicted molar refractivity (Wildman–Crippen MR) is 48.2 cm³/mol. The predicted octanol–water partition coefficient (Wildman–Crippen LogP) is 1.42. The summed E-state index contributed by atoms with van der Waals surface area (Å²) in [6, 6.07) is 0.962. The van der Waals surface area contributed by atoms with E-state index in [4.69, 9.17) is 21.3 Å². The zero-order valence-corrected chi connectivity index (χ0v) is 8.51. The number of halogens is 2. The van der Waals surface area contributed by atoms with Gasteiger partial charge in [0.25, 0.3) is 10.1 Å². The summed E-state index contributed by atoms with van der Waals surface area (Å²) in [7, 11) is -4.80. The van der Waals surface area contributed by atoms with Gasteiger partial charge in [-0.15, -0.1) is 0 Å². The van der Waals surface area contributed by atoms with Gasteiger partial charge in [-0.05, 0) is 12.1 Å². The van der Waals surface area contributed by atoms with Gasteiger partial charge in [-0.1, -0.05) is 11.6 Å². The van der Waals surface area contributed by atoms with Gasteiger partial charge in [-0.3, -0.25) is 4.55 Å². The summed E-state index contributed by atoms with van der Waals surface area (Å²) in [5.74, 6) is -2.84.